The zero-order valence-electron chi connectivity index (χ0n) is 12.0. The lowest BCUT2D eigenvalue weighted by atomic mass is 10.2. The van der Waals surface area contributed by atoms with E-state index < -0.39 is 5.60 Å². The molecule has 1 rings (SSSR count). The van der Waals surface area contributed by atoms with Crippen molar-refractivity contribution in [2.75, 3.05) is 32.7 Å². The van der Waals surface area contributed by atoms with Gasteiger partial charge in [0.1, 0.15) is 5.60 Å². The predicted molar refractivity (Wildman–Crippen MR) is 70.5 cm³/mol. The first kappa shape index (κ1) is 15.2. The van der Waals surface area contributed by atoms with E-state index in [1.165, 1.54) is 0 Å². The third-order valence-electron chi connectivity index (χ3n) is 2.96. The number of β-amino-alcohol motifs (C(OH)–C–C–N with tert-alkyl or cyclic N) is 1. The van der Waals surface area contributed by atoms with E-state index in [1.807, 2.05) is 27.7 Å². The third-order valence-corrected chi connectivity index (χ3v) is 2.96. The Labute approximate surface area is 110 Å². The van der Waals surface area contributed by atoms with Gasteiger partial charge in [-0.2, -0.15) is 0 Å². The van der Waals surface area contributed by atoms with Gasteiger partial charge in [0.2, 0.25) is 0 Å². The molecule has 0 aromatic heterocycles. The zero-order valence-corrected chi connectivity index (χ0v) is 12.0. The molecule has 1 fully saturated rings. The van der Waals surface area contributed by atoms with Crippen LogP contribution in [0.3, 0.4) is 0 Å². The van der Waals surface area contributed by atoms with Crippen molar-refractivity contribution in [2.45, 2.75) is 45.8 Å². The molecule has 5 heteroatoms. The van der Waals surface area contributed by atoms with Crippen molar-refractivity contribution in [1.82, 2.24) is 9.80 Å². The number of hydrogen-bond acceptors (Lipinski definition) is 4. The molecule has 1 aliphatic rings. The molecule has 18 heavy (non-hydrogen) atoms. The van der Waals surface area contributed by atoms with Gasteiger partial charge in [-0.3, -0.25) is 4.90 Å². The minimum atomic E-state index is -0.438. The van der Waals surface area contributed by atoms with Gasteiger partial charge in [-0.05, 0) is 27.2 Å². The third kappa shape index (κ3) is 5.23. The molecule has 0 unspecified atom stereocenters. The summed E-state index contributed by atoms with van der Waals surface area (Å²) in [4.78, 5) is 15.8. The van der Waals surface area contributed by atoms with Crippen molar-refractivity contribution >= 4 is 6.09 Å². The molecular formula is C13H26N2O3. The highest BCUT2D eigenvalue weighted by molar-refractivity contribution is 5.68. The Morgan fingerprint density at radius 2 is 1.83 bits per heavy atom. The molecule has 0 aromatic carbocycles. The largest absolute Gasteiger partial charge is 0.444 e. The van der Waals surface area contributed by atoms with Crippen LogP contribution in [0.15, 0.2) is 0 Å². The van der Waals surface area contributed by atoms with Crippen LogP contribution in [-0.2, 0) is 4.74 Å². The maximum Gasteiger partial charge on any atom is 0.410 e. The Morgan fingerprint density at radius 3 is 2.28 bits per heavy atom. The average molecular weight is 258 g/mol. The summed E-state index contributed by atoms with van der Waals surface area (Å²) in [6.45, 7) is 11.2. The fourth-order valence-corrected chi connectivity index (χ4v) is 1.87. The molecule has 1 saturated heterocycles. The number of aliphatic hydroxyl groups is 1. The molecule has 0 spiro atoms. The number of aliphatic hydroxyl groups excluding tert-OH is 1. The zero-order chi connectivity index (χ0) is 13.8. The van der Waals surface area contributed by atoms with Crippen molar-refractivity contribution in [3.05, 3.63) is 0 Å². The van der Waals surface area contributed by atoms with Crippen LogP contribution >= 0.6 is 0 Å². The summed E-state index contributed by atoms with van der Waals surface area (Å²) in [7, 11) is 0. The first-order chi connectivity index (χ1) is 8.31. The van der Waals surface area contributed by atoms with Gasteiger partial charge < -0.3 is 14.7 Å². The summed E-state index contributed by atoms with van der Waals surface area (Å²) < 4.78 is 5.33. The molecule has 0 bridgehead atoms. The molecule has 106 valence electrons. The van der Waals surface area contributed by atoms with Gasteiger partial charge in [0.05, 0.1) is 6.10 Å². The van der Waals surface area contributed by atoms with Crippen LogP contribution in [0, 0.1) is 0 Å². The number of hydrogen-bond donors (Lipinski definition) is 1. The fourth-order valence-electron chi connectivity index (χ4n) is 1.87. The second kappa shape index (κ2) is 6.38. The van der Waals surface area contributed by atoms with Gasteiger partial charge in [0, 0.05) is 32.7 Å². The van der Waals surface area contributed by atoms with E-state index in [4.69, 9.17) is 4.74 Å². The number of piperazine rings is 1. The maximum absolute atomic E-state index is 11.8. The summed E-state index contributed by atoms with van der Waals surface area (Å²) in [5.74, 6) is 0. The molecule has 0 aliphatic carbocycles. The monoisotopic (exact) mass is 258 g/mol. The highest BCUT2D eigenvalue weighted by atomic mass is 16.6. The molecule has 0 radical (unpaired) electrons. The fraction of sp³-hybridized carbons (Fsp3) is 0.923. The summed E-state index contributed by atoms with van der Waals surface area (Å²) in [5, 5.41) is 9.59. The van der Waals surface area contributed by atoms with Crippen molar-refractivity contribution in [2.24, 2.45) is 0 Å². The summed E-state index contributed by atoms with van der Waals surface area (Å²) in [5.41, 5.74) is -0.438. The van der Waals surface area contributed by atoms with Crippen LogP contribution in [0.5, 0.6) is 0 Å². The highest BCUT2D eigenvalue weighted by Crippen LogP contribution is 2.12. The van der Waals surface area contributed by atoms with E-state index >= 15 is 0 Å². The van der Waals surface area contributed by atoms with Gasteiger partial charge >= 0.3 is 6.09 Å². The lowest BCUT2D eigenvalue weighted by Gasteiger charge is -2.36. The van der Waals surface area contributed by atoms with Crippen LogP contribution < -0.4 is 0 Å². The Kier molecular flexibility index (Phi) is 5.41. The molecule has 0 saturated carbocycles. The Morgan fingerprint density at radius 1 is 1.28 bits per heavy atom. The van der Waals surface area contributed by atoms with Crippen LogP contribution in [-0.4, -0.2) is 65.4 Å². The predicted octanol–water partition coefficient (Wildman–Crippen LogP) is 1.31. The normalized spacial score (nSPS) is 19.7. The molecule has 1 amide bonds. The minimum Gasteiger partial charge on any atom is -0.444 e. The van der Waals surface area contributed by atoms with E-state index in [0.717, 1.165) is 19.5 Å². The van der Waals surface area contributed by atoms with Gasteiger partial charge in [-0.1, -0.05) is 6.92 Å². The minimum absolute atomic E-state index is 0.238. The number of ether oxygens (including phenoxy) is 1. The Bertz CT molecular complexity index is 268. The first-order valence-corrected chi connectivity index (χ1v) is 6.70. The number of carbonyl (C=O) groups excluding carboxylic acids is 1. The molecule has 1 heterocycles. The van der Waals surface area contributed by atoms with Crippen molar-refractivity contribution < 1.29 is 14.6 Å². The van der Waals surface area contributed by atoms with E-state index in [-0.39, 0.29) is 12.2 Å². The van der Waals surface area contributed by atoms with Gasteiger partial charge in [0.15, 0.2) is 0 Å². The summed E-state index contributed by atoms with van der Waals surface area (Å²) in [6.07, 6.45) is 0.267. The van der Waals surface area contributed by atoms with Gasteiger partial charge in [-0.15, -0.1) is 0 Å². The second-order valence-electron chi connectivity index (χ2n) is 5.83. The van der Waals surface area contributed by atoms with E-state index in [2.05, 4.69) is 4.90 Å². The summed E-state index contributed by atoms with van der Waals surface area (Å²) in [6, 6.07) is 0. The topological polar surface area (TPSA) is 53.0 Å². The van der Waals surface area contributed by atoms with E-state index in [1.54, 1.807) is 4.90 Å². The lowest BCUT2D eigenvalue weighted by molar-refractivity contribution is 0.0101. The molecular weight excluding hydrogens is 232 g/mol. The number of nitrogens with zero attached hydrogens (tertiary/aromatic N) is 2. The number of rotatable bonds is 3. The molecule has 0 aromatic rings. The van der Waals surface area contributed by atoms with Crippen molar-refractivity contribution in [3.8, 4) is 0 Å². The van der Waals surface area contributed by atoms with Crippen LogP contribution in [0.4, 0.5) is 4.79 Å². The van der Waals surface area contributed by atoms with Crippen LogP contribution in [0.2, 0.25) is 0 Å². The van der Waals surface area contributed by atoms with E-state index in [0.29, 0.717) is 19.6 Å². The summed E-state index contributed by atoms with van der Waals surface area (Å²) >= 11 is 0. The first-order valence-electron chi connectivity index (χ1n) is 6.70. The number of carbonyl (C=O) groups is 1. The van der Waals surface area contributed by atoms with Crippen LogP contribution in [0.1, 0.15) is 34.1 Å². The van der Waals surface area contributed by atoms with Crippen molar-refractivity contribution in [1.29, 1.82) is 0 Å². The molecule has 1 atom stereocenters. The molecule has 1 aliphatic heterocycles. The molecule has 1 N–H and O–H groups in total. The van der Waals surface area contributed by atoms with Gasteiger partial charge in [0.25, 0.3) is 0 Å². The molecule has 5 nitrogen and oxygen atoms in total. The maximum atomic E-state index is 11.8. The standard InChI is InChI=1S/C13H26N2O3/c1-5-11(16)10-14-6-8-15(9-7-14)12(17)18-13(2,3)4/h11,16H,5-10H2,1-4H3/t11-/m1/s1. The average Bonchev–Trinajstić information content (AvgIpc) is 2.27. The second-order valence-corrected chi connectivity index (χ2v) is 5.83. The van der Waals surface area contributed by atoms with Crippen LogP contribution in [0.25, 0.3) is 0 Å². The van der Waals surface area contributed by atoms with Gasteiger partial charge in [-0.25, -0.2) is 4.79 Å². The quantitative estimate of drug-likeness (QED) is 0.829. The highest BCUT2D eigenvalue weighted by Gasteiger charge is 2.26. The smallest absolute Gasteiger partial charge is 0.410 e. The van der Waals surface area contributed by atoms with Crippen molar-refractivity contribution in [3.63, 3.8) is 0 Å². The van der Waals surface area contributed by atoms with E-state index in [9.17, 15) is 9.90 Å². The number of amides is 1. The SMILES string of the molecule is CC[C@@H](O)CN1CCN(C(=O)OC(C)(C)C)CC1. The Balaban J connectivity index is 2.33. The Hall–Kier alpha value is -0.810. The lowest BCUT2D eigenvalue weighted by Crippen LogP contribution is -2.51.